The van der Waals surface area contributed by atoms with Gasteiger partial charge in [0.2, 0.25) is 5.91 Å². The third-order valence-electron chi connectivity index (χ3n) is 6.25. The summed E-state index contributed by atoms with van der Waals surface area (Å²) in [5.41, 5.74) is 3.36. The second-order valence-electron chi connectivity index (χ2n) is 8.63. The Morgan fingerprint density at radius 1 is 1.10 bits per heavy atom. The number of nitrogens with one attached hydrogen (secondary N) is 1. The number of hydrogen-bond acceptors (Lipinski definition) is 5. The summed E-state index contributed by atoms with van der Waals surface area (Å²) in [6.07, 6.45) is 5.08. The number of carbonyl (C=O) groups is 1. The van der Waals surface area contributed by atoms with Crippen LogP contribution in [0.2, 0.25) is 0 Å². The van der Waals surface area contributed by atoms with Crippen LogP contribution in [-0.4, -0.2) is 52.2 Å². The number of rotatable bonds is 7. The van der Waals surface area contributed by atoms with Crippen molar-refractivity contribution in [1.29, 1.82) is 0 Å². The summed E-state index contributed by atoms with van der Waals surface area (Å²) < 4.78 is 29.0. The molecular weight excluding hydrogens is 412 g/mol. The molecule has 0 radical (unpaired) electrons. The smallest absolute Gasteiger partial charge is 0.234 e. The van der Waals surface area contributed by atoms with Crippen LogP contribution in [-0.2, 0) is 27.5 Å². The molecule has 1 unspecified atom stereocenters. The zero-order chi connectivity index (χ0) is 22.0. The lowest BCUT2D eigenvalue weighted by atomic mass is 10.0. The van der Waals surface area contributed by atoms with Crippen molar-refractivity contribution in [1.82, 2.24) is 10.2 Å². The van der Waals surface area contributed by atoms with Crippen molar-refractivity contribution in [3.63, 3.8) is 0 Å². The van der Waals surface area contributed by atoms with Crippen LogP contribution in [0.4, 0.5) is 0 Å². The van der Waals surface area contributed by atoms with E-state index in [-0.39, 0.29) is 11.9 Å². The molecular formula is C24H30N2O4S. The zero-order valence-corrected chi connectivity index (χ0v) is 19.0. The Labute approximate surface area is 184 Å². The van der Waals surface area contributed by atoms with Crippen molar-refractivity contribution in [2.45, 2.75) is 36.6 Å². The molecule has 4 rings (SSSR count). The van der Waals surface area contributed by atoms with Gasteiger partial charge in [-0.15, -0.1) is 0 Å². The molecule has 0 aromatic heterocycles. The fourth-order valence-electron chi connectivity index (χ4n) is 4.27. The number of ether oxygens (including phenoxy) is 1. The molecule has 0 bridgehead atoms. The summed E-state index contributed by atoms with van der Waals surface area (Å²) >= 11 is 0. The first kappa shape index (κ1) is 21.8. The van der Waals surface area contributed by atoms with E-state index in [0.29, 0.717) is 17.4 Å². The number of fused-ring (bicyclic) bond motifs is 1. The third-order valence-corrected chi connectivity index (χ3v) is 7.36. The molecule has 1 aliphatic carbocycles. The number of amides is 1. The molecule has 1 heterocycles. The van der Waals surface area contributed by atoms with Gasteiger partial charge in [0.15, 0.2) is 9.84 Å². The van der Waals surface area contributed by atoms with Gasteiger partial charge < -0.3 is 10.1 Å². The van der Waals surface area contributed by atoms with Gasteiger partial charge in [-0.1, -0.05) is 18.2 Å². The normalized spacial score (nSPS) is 18.0. The largest absolute Gasteiger partial charge is 0.497 e. The van der Waals surface area contributed by atoms with Crippen molar-refractivity contribution in [2.24, 2.45) is 5.92 Å². The predicted molar refractivity (Wildman–Crippen MR) is 120 cm³/mol. The molecule has 0 spiro atoms. The molecule has 1 atom stereocenters. The SMILES string of the molecule is COc1ccc(C(NC(=O)CN2CCc3ccc(S(C)(=O)=O)cc3CC2)C2CC2)cc1. The summed E-state index contributed by atoms with van der Waals surface area (Å²) in [6.45, 7) is 1.88. The quantitative estimate of drug-likeness (QED) is 0.714. The highest BCUT2D eigenvalue weighted by Gasteiger charge is 2.33. The molecule has 7 heteroatoms. The first-order chi connectivity index (χ1) is 14.8. The van der Waals surface area contributed by atoms with Crippen molar-refractivity contribution >= 4 is 15.7 Å². The van der Waals surface area contributed by atoms with Crippen LogP contribution in [0, 0.1) is 5.92 Å². The first-order valence-corrected chi connectivity index (χ1v) is 12.7. The molecule has 2 aromatic rings. The van der Waals surface area contributed by atoms with E-state index in [0.717, 1.165) is 55.6 Å². The molecule has 1 fully saturated rings. The number of carbonyl (C=O) groups excluding carboxylic acids is 1. The lowest BCUT2D eigenvalue weighted by Crippen LogP contribution is -2.40. The number of methoxy groups -OCH3 is 1. The molecule has 2 aliphatic rings. The van der Waals surface area contributed by atoms with Gasteiger partial charge in [0.25, 0.3) is 0 Å². The van der Waals surface area contributed by atoms with E-state index in [9.17, 15) is 13.2 Å². The molecule has 1 amide bonds. The van der Waals surface area contributed by atoms with E-state index in [2.05, 4.69) is 10.2 Å². The topological polar surface area (TPSA) is 75.7 Å². The molecule has 2 aromatic carbocycles. The van der Waals surface area contributed by atoms with Gasteiger partial charge in [-0.2, -0.15) is 0 Å². The standard InChI is InChI=1S/C24H30N2O4S/c1-30-21-8-5-19(6-9-21)24(18-3-4-18)25-23(27)16-26-13-11-17-7-10-22(31(2,28)29)15-20(17)12-14-26/h5-10,15,18,24H,3-4,11-14,16H2,1-2H3,(H,25,27). The number of sulfone groups is 1. The molecule has 166 valence electrons. The fraction of sp³-hybridized carbons (Fsp3) is 0.458. The van der Waals surface area contributed by atoms with Crippen LogP contribution in [0.1, 0.15) is 35.6 Å². The van der Waals surface area contributed by atoms with E-state index in [4.69, 9.17) is 4.74 Å². The van der Waals surface area contributed by atoms with E-state index in [1.54, 1.807) is 19.2 Å². The van der Waals surface area contributed by atoms with Gasteiger partial charge in [0.05, 0.1) is 24.6 Å². The van der Waals surface area contributed by atoms with E-state index >= 15 is 0 Å². The maximum absolute atomic E-state index is 12.9. The van der Waals surface area contributed by atoms with E-state index in [1.807, 2.05) is 30.3 Å². The number of hydrogen-bond donors (Lipinski definition) is 1. The Bertz CT molecular complexity index is 1050. The van der Waals surface area contributed by atoms with Crippen LogP contribution < -0.4 is 10.1 Å². The molecule has 6 nitrogen and oxygen atoms in total. The molecule has 1 saturated carbocycles. The second-order valence-corrected chi connectivity index (χ2v) is 10.7. The van der Waals surface area contributed by atoms with Gasteiger partial charge >= 0.3 is 0 Å². The number of benzene rings is 2. The van der Waals surface area contributed by atoms with Crippen LogP contribution in [0.25, 0.3) is 0 Å². The summed E-state index contributed by atoms with van der Waals surface area (Å²) in [5.74, 6) is 1.35. The molecule has 1 aliphatic heterocycles. The van der Waals surface area contributed by atoms with Crippen LogP contribution in [0.15, 0.2) is 47.4 Å². The molecule has 0 saturated heterocycles. The fourth-order valence-corrected chi connectivity index (χ4v) is 4.94. The minimum absolute atomic E-state index is 0.0375. The van der Waals surface area contributed by atoms with Crippen molar-refractivity contribution in [3.05, 3.63) is 59.2 Å². The van der Waals surface area contributed by atoms with Crippen molar-refractivity contribution < 1.29 is 17.9 Å². The lowest BCUT2D eigenvalue weighted by Gasteiger charge is -2.23. The highest BCUT2D eigenvalue weighted by atomic mass is 32.2. The maximum atomic E-state index is 12.9. The van der Waals surface area contributed by atoms with Crippen molar-refractivity contribution in [2.75, 3.05) is 33.0 Å². The summed E-state index contributed by atoms with van der Waals surface area (Å²) in [5, 5.41) is 3.25. The highest BCUT2D eigenvalue weighted by Crippen LogP contribution is 2.41. The highest BCUT2D eigenvalue weighted by molar-refractivity contribution is 7.90. The van der Waals surface area contributed by atoms with E-state index in [1.165, 1.54) is 11.8 Å². The van der Waals surface area contributed by atoms with Gasteiger partial charge in [0, 0.05) is 19.3 Å². The zero-order valence-electron chi connectivity index (χ0n) is 18.1. The lowest BCUT2D eigenvalue weighted by molar-refractivity contribution is -0.123. The Balaban J connectivity index is 1.38. The second kappa shape index (κ2) is 9.01. The summed E-state index contributed by atoms with van der Waals surface area (Å²) in [7, 11) is -1.56. The molecule has 31 heavy (non-hydrogen) atoms. The van der Waals surface area contributed by atoms with Crippen LogP contribution >= 0.6 is 0 Å². The Hall–Kier alpha value is -2.38. The summed E-state index contributed by atoms with van der Waals surface area (Å²) in [6, 6.07) is 13.4. The maximum Gasteiger partial charge on any atom is 0.234 e. The number of nitrogens with zero attached hydrogens (tertiary/aromatic N) is 1. The third kappa shape index (κ3) is 5.46. The van der Waals surface area contributed by atoms with Gasteiger partial charge in [-0.25, -0.2) is 8.42 Å². The van der Waals surface area contributed by atoms with Gasteiger partial charge in [-0.05, 0) is 72.6 Å². The van der Waals surface area contributed by atoms with Crippen LogP contribution in [0.5, 0.6) is 5.75 Å². The van der Waals surface area contributed by atoms with Crippen molar-refractivity contribution in [3.8, 4) is 5.75 Å². The van der Waals surface area contributed by atoms with E-state index < -0.39 is 9.84 Å². The summed E-state index contributed by atoms with van der Waals surface area (Å²) in [4.78, 5) is 15.4. The predicted octanol–water partition coefficient (Wildman–Crippen LogP) is 2.77. The van der Waals surface area contributed by atoms with Gasteiger partial charge in [-0.3, -0.25) is 9.69 Å². The Morgan fingerprint density at radius 3 is 2.39 bits per heavy atom. The Kier molecular flexibility index (Phi) is 6.34. The van der Waals surface area contributed by atoms with Crippen LogP contribution in [0.3, 0.4) is 0 Å². The Morgan fingerprint density at radius 2 is 1.77 bits per heavy atom. The van der Waals surface area contributed by atoms with Gasteiger partial charge in [0.1, 0.15) is 5.75 Å². The first-order valence-electron chi connectivity index (χ1n) is 10.8. The molecule has 1 N–H and O–H groups in total. The average molecular weight is 443 g/mol. The minimum atomic E-state index is -3.21. The minimum Gasteiger partial charge on any atom is -0.497 e. The average Bonchev–Trinajstić information content (AvgIpc) is 3.59. The monoisotopic (exact) mass is 442 g/mol.